The normalized spacial score (nSPS) is 12.5. The highest BCUT2D eigenvalue weighted by atomic mass is 16.5. The van der Waals surface area contributed by atoms with Crippen LogP contribution < -0.4 is 15.8 Å². The Morgan fingerprint density at radius 2 is 2.18 bits per heavy atom. The largest absolute Gasteiger partial charge is 0.496 e. The molecule has 3 heteroatoms. The van der Waals surface area contributed by atoms with E-state index in [2.05, 4.69) is 31.3 Å². The van der Waals surface area contributed by atoms with Gasteiger partial charge in [-0.2, -0.15) is 0 Å². The molecule has 96 valence electrons. The molecular weight excluding hydrogens is 212 g/mol. The highest BCUT2D eigenvalue weighted by Crippen LogP contribution is 2.19. The molecule has 3 nitrogen and oxygen atoms in total. The zero-order valence-corrected chi connectivity index (χ0v) is 11.1. The Hall–Kier alpha value is -1.06. The first-order valence-corrected chi connectivity index (χ1v) is 6.21. The van der Waals surface area contributed by atoms with Gasteiger partial charge in [0.2, 0.25) is 0 Å². The Bertz CT molecular complexity index is 339. The van der Waals surface area contributed by atoms with Crippen molar-refractivity contribution < 1.29 is 4.74 Å². The second-order valence-electron chi connectivity index (χ2n) is 4.61. The lowest BCUT2D eigenvalue weighted by Crippen LogP contribution is -2.27. The maximum absolute atomic E-state index is 5.57. The zero-order chi connectivity index (χ0) is 12.7. The summed E-state index contributed by atoms with van der Waals surface area (Å²) < 4.78 is 5.35. The van der Waals surface area contributed by atoms with Gasteiger partial charge in [-0.15, -0.1) is 0 Å². The molecule has 1 atom stereocenters. The number of hydrogen-bond donors (Lipinski definition) is 2. The van der Waals surface area contributed by atoms with Gasteiger partial charge in [0.05, 0.1) is 7.11 Å². The molecule has 1 rings (SSSR count). The third kappa shape index (κ3) is 4.75. The van der Waals surface area contributed by atoms with Gasteiger partial charge in [0.25, 0.3) is 0 Å². The summed E-state index contributed by atoms with van der Waals surface area (Å²) >= 11 is 0. The van der Waals surface area contributed by atoms with E-state index >= 15 is 0 Å². The summed E-state index contributed by atoms with van der Waals surface area (Å²) in [4.78, 5) is 0. The molecule has 17 heavy (non-hydrogen) atoms. The van der Waals surface area contributed by atoms with E-state index < -0.39 is 0 Å². The molecule has 0 spiro atoms. The van der Waals surface area contributed by atoms with Crippen molar-refractivity contribution in [1.29, 1.82) is 0 Å². The van der Waals surface area contributed by atoms with Gasteiger partial charge in [0, 0.05) is 0 Å². The van der Waals surface area contributed by atoms with Crippen molar-refractivity contribution in [3.05, 3.63) is 29.3 Å². The van der Waals surface area contributed by atoms with Crippen LogP contribution in [0.3, 0.4) is 0 Å². The third-order valence-corrected chi connectivity index (χ3v) is 2.90. The van der Waals surface area contributed by atoms with E-state index in [0.29, 0.717) is 5.92 Å². The standard InChI is InChI=1S/C14H24N2O/c1-11-4-5-14(17-3)13(8-11)6-7-16-10-12(2)9-15/h4-5,8,12,16H,6-7,9-10,15H2,1-3H3. The van der Waals surface area contributed by atoms with E-state index in [1.807, 2.05) is 6.07 Å². The van der Waals surface area contributed by atoms with E-state index in [-0.39, 0.29) is 0 Å². The van der Waals surface area contributed by atoms with Gasteiger partial charge >= 0.3 is 0 Å². The van der Waals surface area contributed by atoms with Crippen molar-refractivity contribution >= 4 is 0 Å². The minimum Gasteiger partial charge on any atom is -0.496 e. The van der Waals surface area contributed by atoms with Crippen LogP contribution in [0.25, 0.3) is 0 Å². The third-order valence-electron chi connectivity index (χ3n) is 2.90. The van der Waals surface area contributed by atoms with Crippen molar-refractivity contribution in [1.82, 2.24) is 5.32 Å². The lowest BCUT2D eigenvalue weighted by atomic mass is 10.1. The fourth-order valence-corrected chi connectivity index (χ4v) is 1.76. The molecule has 1 unspecified atom stereocenters. The molecule has 0 amide bonds. The molecule has 0 fully saturated rings. The van der Waals surface area contributed by atoms with Crippen molar-refractivity contribution in [2.75, 3.05) is 26.7 Å². The molecule has 0 heterocycles. The van der Waals surface area contributed by atoms with Gasteiger partial charge < -0.3 is 15.8 Å². The van der Waals surface area contributed by atoms with E-state index in [1.54, 1.807) is 7.11 Å². The molecule has 0 aromatic heterocycles. The second kappa shape index (κ2) is 7.30. The molecule has 3 N–H and O–H groups in total. The summed E-state index contributed by atoms with van der Waals surface area (Å²) in [5.41, 5.74) is 8.11. The van der Waals surface area contributed by atoms with Crippen LogP contribution in [0.4, 0.5) is 0 Å². The molecule has 0 radical (unpaired) electrons. The van der Waals surface area contributed by atoms with Crippen LogP contribution in [-0.4, -0.2) is 26.7 Å². The first-order valence-electron chi connectivity index (χ1n) is 6.21. The van der Waals surface area contributed by atoms with Crippen LogP contribution >= 0.6 is 0 Å². The van der Waals surface area contributed by atoms with Crippen molar-refractivity contribution in [3.8, 4) is 5.75 Å². The molecule has 0 saturated heterocycles. The number of nitrogens with one attached hydrogen (secondary N) is 1. The van der Waals surface area contributed by atoms with Gasteiger partial charge in [0.15, 0.2) is 0 Å². The maximum atomic E-state index is 5.57. The lowest BCUT2D eigenvalue weighted by molar-refractivity contribution is 0.408. The average Bonchev–Trinajstić information content (AvgIpc) is 2.34. The van der Waals surface area contributed by atoms with E-state index in [1.165, 1.54) is 11.1 Å². The molecule has 0 aliphatic rings. The molecular formula is C14H24N2O. The predicted octanol–water partition coefficient (Wildman–Crippen LogP) is 1.73. The molecule has 1 aromatic carbocycles. The smallest absolute Gasteiger partial charge is 0.122 e. The van der Waals surface area contributed by atoms with Crippen LogP contribution in [-0.2, 0) is 6.42 Å². The fraction of sp³-hybridized carbons (Fsp3) is 0.571. The Morgan fingerprint density at radius 1 is 1.41 bits per heavy atom. The summed E-state index contributed by atoms with van der Waals surface area (Å²) in [6.45, 7) is 6.93. The Kier molecular flexibility index (Phi) is 6.01. The maximum Gasteiger partial charge on any atom is 0.122 e. The number of aryl methyl sites for hydroxylation is 1. The molecule has 0 aliphatic carbocycles. The van der Waals surface area contributed by atoms with Crippen LogP contribution in [0.15, 0.2) is 18.2 Å². The van der Waals surface area contributed by atoms with Gasteiger partial charge in [0.1, 0.15) is 5.75 Å². The van der Waals surface area contributed by atoms with Crippen LogP contribution in [0.5, 0.6) is 5.75 Å². The number of benzene rings is 1. The molecule has 1 aromatic rings. The predicted molar refractivity (Wildman–Crippen MR) is 72.5 cm³/mol. The van der Waals surface area contributed by atoms with Crippen molar-refractivity contribution in [3.63, 3.8) is 0 Å². The lowest BCUT2D eigenvalue weighted by Gasteiger charge is -2.12. The van der Waals surface area contributed by atoms with Crippen LogP contribution in [0.2, 0.25) is 0 Å². The molecule has 0 saturated carbocycles. The Balaban J connectivity index is 2.42. The summed E-state index contributed by atoms with van der Waals surface area (Å²) in [5, 5.41) is 3.42. The number of ether oxygens (including phenoxy) is 1. The van der Waals surface area contributed by atoms with Crippen LogP contribution in [0.1, 0.15) is 18.1 Å². The second-order valence-corrected chi connectivity index (χ2v) is 4.61. The number of hydrogen-bond acceptors (Lipinski definition) is 3. The van der Waals surface area contributed by atoms with E-state index in [9.17, 15) is 0 Å². The Morgan fingerprint density at radius 3 is 2.82 bits per heavy atom. The average molecular weight is 236 g/mol. The van der Waals surface area contributed by atoms with E-state index in [4.69, 9.17) is 10.5 Å². The topological polar surface area (TPSA) is 47.3 Å². The van der Waals surface area contributed by atoms with Gasteiger partial charge in [-0.1, -0.05) is 24.6 Å². The Labute approximate surface area is 104 Å². The number of methoxy groups -OCH3 is 1. The number of rotatable bonds is 7. The summed E-state index contributed by atoms with van der Waals surface area (Å²) in [7, 11) is 1.72. The van der Waals surface area contributed by atoms with Crippen molar-refractivity contribution in [2.45, 2.75) is 20.3 Å². The highest BCUT2D eigenvalue weighted by Gasteiger charge is 2.03. The monoisotopic (exact) mass is 236 g/mol. The zero-order valence-electron chi connectivity index (χ0n) is 11.1. The first kappa shape index (κ1) is 14.0. The fourth-order valence-electron chi connectivity index (χ4n) is 1.76. The summed E-state index contributed by atoms with van der Waals surface area (Å²) in [6, 6.07) is 6.30. The van der Waals surface area contributed by atoms with Gasteiger partial charge in [-0.05, 0) is 50.5 Å². The highest BCUT2D eigenvalue weighted by molar-refractivity contribution is 5.37. The van der Waals surface area contributed by atoms with Crippen LogP contribution in [0, 0.1) is 12.8 Å². The minimum absolute atomic E-state index is 0.536. The van der Waals surface area contributed by atoms with Gasteiger partial charge in [-0.25, -0.2) is 0 Å². The number of nitrogens with two attached hydrogens (primary N) is 1. The minimum atomic E-state index is 0.536. The van der Waals surface area contributed by atoms with Crippen molar-refractivity contribution in [2.24, 2.45) is 11.7 Å². The summed E-state index contributed by atoms with van der Waals surface area (Å²) in [6.07, 6.45) is 0.988. The van der Waals surface area contributed by atoms with E-state index in [0.717, 1.165) is 31.8 Å². The SMILES string of the molecule is COc1ccc(C)cc1CCNCC(C)CN. The molecule has 0 bridgehead atoms. The molecule has 0 aliphatic heterocycles. The quantitative estimate of drug-likeness (QED) is 0.709. The van der Waals surface area contributed by atoms with Gasteiger partial charge in [-0.3, -0.25) is 0 Å². The summed E-state index contributed by atoms with van der Waals surface area (Å²) in [5.74, 6) is 1.51. The first-order chi connectivity index (χ1) is 8.17.